The highest BCUT2D eigenvalue weighted by molar-refractivity contribution is 5.61. The van der Waals surface area contributed by atoms with Gasteiger partial charge in [-0.3, -0.25) is 4.90 Å². The van der Waals surface area contributed by atoms with E-state index in [0.29, 0.717) is 5.92 Å². The van der Waals surface area contributed by atoms with Crippen molar-refractivity contribution in [2.24, 2.45) is 5.92 Å². The molecule has 0 radical (unpaired) electrons. The van der Waals surface area contributed by atoms with Crippen molar-refractivity contribution >= 4 is 5.69 Å². The Morgan fingerprint density at radius 3 is 2.46 bits per heavy atom. The first-order valence-electron chi connectivity index (χ1n) is 9.34. The van der Waals surface area contributed by atoms with Crippen molar-refractivity contribution in [2.45, 2.75) is 33.7 Å². The monoisotopic (exact) mass is 349 g/mol. The molecule has 2 heterocycles. The van der Waals surface area contributed by atoms with Gasteiger partial charge >= 0.3 is 0 Å². The Kier molecular flexibility index (Phi) is 5.85. The average Bonchev–Trinajstić information content (AvgIpc) is 2.64. The maximum atomic E-state index is 9.49. The van der Waals surface area contributed by atoms with Crippen LogP contribution in [0.5, 0.6) is 0 Å². The van der Waals surface area contributed by atoms with E-state index in [-0.39, 0.29) is 0 Å². The molecule has 26 heavy (non-hydrogen) atoms. The van der Waals surface area contributed by atoms with E-state index in [0.717, 1.165) is 61.8 Å². The molecule has 0 atom stereocenters. The zero-order chi connectivity index (χ0) is 18.5. The zero-order valence-corrected chi connectivity index (χ0v) is 15.9. The van der Waals surface area contributed by atoms with E-state index in [1.54, 1.807) is 0 Å². The Morgan fingerprint density at radius 1 is 1.08 bits per heavy atom. The molecule has 136 valence electrons. The van der Waals surface area contributed by atoms with E-state index in [9.17, 15) is 5.26 Å². The SMILES string of the molecule is Cc1ccc(CN2CCN(c3cc(CC(C)C)ccc3C#N)CC2)nn1. The number of nitriles is 1. The molecule has 1 aliphatic heterocycles. The molecule has 5 nitrogen and oxygen atoms in total. The smallest absolute Gasteiger partial charge is 0.101 e. The molecule has 0 spiro atoms. The molecule has 3 rings (SSSR count). The second-order valence-corrected chi connectivity index (χ2v) is 7.49. The summed E-state index contributed by atoms with van der Waals surface area (Å²) >= 11 is 0. The van der Waals surface area contributed by atoms with Crippen LogP contribution in [0, 0.1) is 24.2 Å². The molecule has 0 aliphatic carbocycles. The molecule has 1 fully saturated rings. The van der Waals surface area contributed by atoms with Crippen LogP contribution in [0.1, 0.15) is 36.4 Å². The second kappa shape index (κ2) is 8.29. The highest BCUT2D eigenvalue weighted by Crippen LogP contribution is 2.25. The lowest BCUT2D eigenvalue weighted by Crippen LogP contribution is -2.46. The Labute approximate surface area is 156 Å². The summed E-state index contributed by atoms with van der Waals surface area (Å²) in [7, 11) is 0. The van der Waals surface area contributed by atoms with Crippen molar-refractivity contribution in [1.82, 2.24) is 15.1 Å². The van der Waals surface area contributed by atoms with Crippen LogP contribution in [0.3, 0.4) is 0 Å². The molecular weight excluding hydrogens is 322 g/mol. The first-order chi connectivity index (χ1) is 12.5. The largest absolute Gasteiger partial charge is 0.368 e. The van der Waals surface area contributed by atoms with Crippen LogP contribution < -0.4 is 4.90 Å². The van der Waals surface area contributed by atoms with E-state index < -0.39 is 0 Å². The minimum atomic E-state index is 0.614. The summed E-state index contributed by atoms with van der Waals surface area (Å²) in [5.41, 5.74) is 5.13. The Morgan fingerprint density at radius 2 is 1.85 bits per heavy atom. The maximum Gasteiger partial charge on any atom is 0.101 e. The minimum absolute atomic E-state index is 0.614. The van der Waals surface area contributed by atoms with Crippen LogP contribution in [0.15, 0.2) is 30.3 Å². The van der Waals surface area contributed by atoms with Gasteiger partial charge in [-0.15, -0.1) is 0 Å². The van der Waals surface area contributed by atoms with Gasteiger partial charge in [0.15, 0.2) is 0 Å². The summed E-state index contributed by atoms with van der Waals surface area (Å²) in [5.74, 6) is 0.614. The van der Waals surface area contributed by atoms with Gasteiger partial charge in [-0.25, -0.2) is 0 Å². The van der Waals surface area contributed by atoms with Crippen LogP contribution in [0.25, 0.3) is 0 Å². The van der Waals surface area contributed by atoms with Gasteiger partial charge in [0.25, 0.3) is 0 Å². The van der Waals surface area contributed by atoms with Gasteiger partial charge < -0.3 is 4.90 Å². The summed E-state index contributed by atoms with van der Waals surface area (Å²) < 4.78 is 0. The van der Waals surface area contributed by atoms with Crippen LogP contribution in [0.4, 0.5) is 5.69 Å². The van der Waals surface area contributed by atoms with Crippen molar-refractivity contribution in [3.05, 3.63) is 52.8 Å². The maximum absolute atomic E-state index is 9.49. The van der Waals surface area contributed by atoms with Crippen LogP contribution in [0.2, 0.25) is 0 Å². The molecule has 0 saturated carbocycles. The zero-order valence-electron chi connectivity index (χ0n) is 15.9. The van der Waals surface area contributed by atoms with E-state index >= 15 is 0 Å². The molecule has 5 heteroatoms. The molecule has 2 aromatic rings. The van der Waals surface area contributed by atoms with Crippen LogP contribution >= 0.6 is 0 Å². The third-order valence-corrected chi connectivity index (χ3v) is 4.78. The third-order valence-electron chi connectivity index (χ3n) is 4.78. The molecule has 1 aromatic carbocycles. The highest BCUT2D eigenvalue weighted by atomic mass is 15.3. The topological polar surface area (TPSA) is 56.0 Å². The molecule has 0 amide bonds. The summed E-state index contributed by atoms with van der Waals surface area (Å²) in [6.07, 6.45) is 1.05. The van der Waals surface area contributed by atoms with Gasteiger partial charge in [-0.05, 0) is 49.1 Å². The number of aryl methyl sites for hydroxylation is 1. The lowest BCUT2D eigenvalue weighted by atomic mass is 10.00. The summed E-state index contributed by atoms with van der Waals surface area (Å²) in [6.45, 7) is 11.0. The first kappa shape index (κ1) is 18.3. The van der Waals surface area contributed by atoms with Crippen molar-refractivity contribution in [1.29, 1.82) is 5.26 Å². The average molecular weight is 349 g/mol. The normalized spacial score (nSPS) is 15.3. The third kappa shape index (κ3) is 4.59. The predicted octanol–water partition coefficient (Wildman–Crippen LogP) is 3.18. The molecule has 1 aliphatic rings. The Hall–Kier alpha value is -2.45. The number of nitrogens with zero attached hydrogens (tertiary/aromatic N) is 5. The highest BCUT2D eigenvalue weighted by Gasteiger charge is 2.20. The fraction of sp³-hybridized carbons (Fsp3) is 0.476. The fourth-order valence-corrected chi connectivity index (χ4v) is 3.42. The van der Waals surface area contributed by atoms with Crippen molar-refractivity contribution in [3.63, 3.8) is 0 Å². The number of aromatic nitrogens is 2. The van der Waals surface area contributed by atoms with E-state index in [1.807, 2.05) is 19.1 Å². The molecular formula is C21H27N5. The molecule has 1 saturated heterocycles. The van der Waals surface area contributed by atoms with Gasteiger partial charge in [0.05, 0.1) is 22.6 Å². The van der Waals surface area contributed by atoms with Crippen molar-refractivity contribution in [3.8, 4) is 6.07 Å². The molecule has 1 aromatic heterocycles. The molecule has 0 N–H and O–H groups in total. The van der Waals surface area contributed by atoms with Gasteiger partial charge in [-0.1, -0.05) is 19.9 Å². The summed E-state index contributed by atoms with van der Waals surface area (Å²) in [4.78, 5) is 4.75. The van der Waals surface area contributed by atoms with Crippen molar-refractivity contribution in [2.75, 3.05) is 31.1 Å². The number of hydrogen-bond donors (Lipinski definition) is 0. The number of piperazine rings is 1. The molecule has 0 unspecified atom stereocenters. The predicted molar refractivity (Wildman–Crippen MR) is 104 cm³/mol. The van der Waals surface area contributed by atoms with Crippen LogP contribution in [-0.4, -0.2) is 41.3 Å². The van der Waals surface area contributed by atoms with Crippen LogP contribution in [-0.2, 0) is 13.0 Å². The second-order valence-electron chi connectivity index (χ2n) is 7.49. The lowest BCUT2D eigenvalue weighted by Gasteiger charge is -2.36. The molecule has 0 bridgehead atoms. The number of anilines is 1. The van der Waals surface area contributed by atoms with Gasteiger partial charge in [0.2, 0.25) is 0 Å². The Balaban J connectivity index is 1.65. The number of benzene rings is 1. The lowest BCUT2D eigenvalue weighted by molar-refractivity contribution is 0.246. The number of rotatable bonds is 5. The van der Waals surface area contributed by atoms with Gasteiger partial charge in [-0.2, -0.15) is 15.5 Å². The summed E-state index contributed by atoms with van der Waals surface area (Å²) in [6, 6.07) is 12.7. The quantitative estimate of drug-likeness (QED) is 0.830. The van der Waals surface area contributed by atoms with E-state index in [2.05, 4.69) is 58.1 Å². The van der Waals surface area contributed by atoms with Gasteiger partial charge in [0, 0.05) is 32.7 Å². The Bertz CT molecular complexity index is 768. The first-order valence-corrected chi connectivity index (χ1v) is 9.34. The fourth-order valence-electron chi connectivity index (χ4n) is 3.42. The van der Waals surface area contributed by atoms with E-state index in [4.69, 9.17) is 0 Å². The van der Waals surface area contributed by atoms with Crippen molar-refractivity contribution < 1.29 is 0 Å². The number of hydrogen-bond acceptors (Lipinski definition) is 5. The van der Waals surface area contributed by atoms with Gasteiger partial charge in [0.1, 0.15) is 6.07 Å². The van der Waals surface area contributed by atoms with E-state index in [1.165, 1.54) is 5.56 Å². The standard InChI is InChI=1S/C21H27N5/c1-16(2)12-18-5-6-19(14-22)21(13-18)26-10-8-25(9-11-26)15-20-7-4-17(3)23-24-20/h4-7,13,16H,8-12,15H2,1-3H3. The minimum Gasteiger partial charge on any atom is -0.368 e. The summed E-state index contributed by atoms with van der Waals surface area (Å²) in [5, 5.41) is 17.9.